The van der Waals surface area contributed by atoms with Crippen LogP contribution in [0.3, 0.4) is 0 Å². The van der Waals surface area contributed by atoms with Crippen molar-refractivity contribution in [1.82, 2.24) is 9.97 Å². The summed E-state index contributed by atoms with van der Waals surface area (Å²) < 4.78 is 38.2. The maximum Gasteiger partial charge on any atom is 0.262 e. The van der Waals surface area contributed by atoms with Gasteiger partial charge in [-0.3, -0.25) is 4.72 Å². The Kier molecular flexibility index (Phi) is 5.88. The van der Waals surface area contributed by atoms with E-state index in [1.54, 1.807) is 30.3 Å². The van der Waals surface area contributed by atoms with Gasteiger partial charge in [0.15, 0.2) is 11.5 Å². The van der Waals surface area contributed by atoms with Gasteiger partial charge in [0.25, 0.3) is 10.0 Å². The lowest BCUT2D eigenvalue weighted by Gasteiger charge is -2.12. The largest absolute Gasteiger partial charge is 0.493 e. The van der Waals surface area contributed by atoms with Gasteiger partial charge in [-0.25, -0.2) is 18.4 Å². The smallest absolute Gasteiger partial charge is 0.262 e. The summed E-state index contributed by atoms with van der Waals surface area (Å²) in [5.74, 6) is 1.28. The van der Waals surface area contributed by atoms with Crippen LogP contribution in [0.15, 0.2) is 53.4 Å². The van der Waals surface area contributed by atoms with E-state index in [9.17, 15) is 8.42 Å². The van der Waals surface area contributed by atoms with Crippen molar-refractivity contribution in [3.63, 3.8) is 0 Å². The van der Waals surface area contributed by atoms with Crippen molar-refractivity contribution in [1.29, 1.82) is 0 Å². The highest BCUT2D eigenvalue weighted by Gasteiger charge is 2.17. The second-order valence-electron chi connectivity index (χ2n) is 6.30. The molecule has 0 aliphatic carbocycles. The van der Waals surface area contributed by atoms with Gasteiger partial charge in [0.1, 0.15) is 0 Å². The van der Waals surface area contributed by atoms with Crippen LogP contribution in [0.4, 0.5) is 17.3 Å². The fraction of sp³-hybridized carbons (Fsp3) is 0.200. The number of nitrogens with one attached hydrogen (secondary N) is 2. The molecule has 3 aromatic rings. The molecule has 2 aromatic carbocycles. The Hall–Kier alpha value is -3.33. The van der Waals surface area contributed by atoms with Crippen LogP contribution in [0, 0.1) is 13.8 Å². The van der Waals surface area contributed by atoms with Gasteiger partial charge in [-0.05, 0) is 56.3 Å². The van der Waals surface area contributed by atoms with Gasteiger partial charge in [0, 0.05) is 28.8 Å². The second kappa shape index (κ2) is 8.36. The molecule has 8 nitrogen and oxygen atoms in total. The van der Waals surface area contributed by atoms with Crippen LogP contribution in [0.2, 0.25) is 0 Å². The first-order valence-corrected chi connectivity index (χ1v) is 10.2. The molecule has 0 unspecified atom stereocenters. The lowest BCUT2D eigenvalue weighted by atomic mass is 10.3. The van der Waals surface area contributed by atoms with E-state index in [4.69, 9.17) is 9.47 Å². The minimum Gasteiger partial charge on any atom is -0.493 e. The Balaban J connectivity index is 1.76. The molecule has 152 valence electrons. The molecule has 0 radical (unpaired) electrons. The molecule has 1 aromatic heterocycles. The van der Waals surface area contributed by atoms with Gasteiger partial charge in [0.05, 0.1) is 19.1 Å². The predicted octanol–water partition coefficient (Wildman–Crippen LogP) is 3.66. The molecule has 3 rings (SSSR count). The molecule has 2 N–H and O–H groups in total. The monoisotopic (exact) mass is 414 g/mol. The van der Waals surface area contributed by atoms with Crippen LogP contribution in [-0.2, 0) is 10.0 Å². The van der Waals surface area contributed by atoms with Gasteiger partial charge in [-0.1, -0.05) is 0 Å². The van der Waals surface area contributed by atoms with Gasteiger partial charge >= 0.3 is 0 Å². The number of rotatable bonds is 7. The van der Waals surface area contributed by atoms with Crippen LogP contribution in [0.25, 0.3) is 0 Å². The fourth-order valence-electron chi connectivity index (χ4n) is 2.73. The minimum atomic E-state index is -3.78. The predicted molar refractivity (Wildman–Crippen MR) is 112 cm³/mol. The first-order chi connectivity index (χ1) is 13.8. The summed E-state index contributed by atoms with van der Waals surface area (Å²) in [6.45, 7) is 3.79. The Morgan fingerprint density at radius 2 is 1.38 bits per heavy atom. The molecule has 0 aliphatic rings. The van der Waals surface area contributed by atoms with Gasteiger partial charge in [-0.2, -0.15) is 0 Å². The molecule has 0 aliphatic heterocycles. The van der Waals surface area contributed by atoms with Crippen molar-refractivity contribution in [2.75, 3.05) is 24.3 Å². The molecule has 0 spiro atoms. The average Bonchev–Trinajstić information content (AvgIpc) is 2.68. The van der Waals surface area contributed by atoms with Crippen LogP contribution in [0.1, 0.15) is 11.4 Å². The van der Waals surface area contributed by atoms with Crippen molar-refractivity contribution in [3.8, 4) is 11.5 Å². The summed E-state index contributed by atoms with van der Waals surface area (Å²) >= 11 is 0. The summed E-state index contributed by atoms with van der Waals surface area (Å²) in [5.41, 5.74) is 2.88. The first-order valence-electron chi connectivity index (χ1n) is 8.75. The number of nitrogens with zero attached hydrogens (tertiary/aromatic N) is 2. The van der Waals surface area contributed by atoms with Crippen molar-refractivity contribution >= 4 is 27.3 Å². The Labute approximate surface area is 170 Å². The highest BCUT2D eigenvalue weighted by atomic mass is 32.2. The van der Waals surface area contributed by atoms with Crippen LogP contribution >= 0.6 is 0 Å². The number of sulfonamides is 1. The van der Waals surface area contributed by atoms with Crippen LogP contribution in [0.5, 0.6) is 11.5 Å². The van der Waals surface area contributed by atoms with Crippen LogP contribution < -0.4 is 19.5 Å². The number of aromatic nitrogens is 2. The van der Waals surface area contributed by atoms with Crippen LogP contribution in [-0.4, -0.2) is 32.6 Å². The molecule has 0 amide bonds. The number of hydrogen-bond donors (Lipinski definition) is 2. The van der Waals surface area contributed by atoms with E-state index in [-0.39, 0.29) is 4.90 Å². The van der Waals surface area contributed by atoms with Crippen molar-refractivity contribution in [2.24, 2.45) is 0 Å². The van der Waals surface area contributed by atoms with Crippen molar-refractivity contribution < 1.29 is 17.9 Å². The standard InChI is InChI=1S/C20H22N4O4S/c1-13-11-14(2)22-20(21-13)23-15-5-7-16(8-6-15)24-29(25,26)17-9-10-18(27-3)19(12-17)28-4/h5-12,24H,1-4H3,(H,21,22,23). The number of aryl methyl sites for hydroxylation is 2. The van der Waals surface area contributed by atoms with E-state index < -0.39 is 10.0 Å². The third-order valence-corrected chi connectivity index (χ3v) is 5.42. The summed E-state index contributed by atoms with van der Waals surface area (Å²) in [6, 6.07) is 13.1. The second-order valence-corrected chi connectivity index (χ2v) is 7.98. The zero-order chi connectivity index (χ0) is 21.0. The summed E-state index contributed by atoms with van der Waals surface area (Å²) in [4.78, 5) is 8.72. The average molecular weight is 414 g/mol. The molecule has 0 saturated carbocycles. The number of anilines is 3. The van der Waals surface area contributed by atoms with E-state index in [0.717, 1.165) is 17.1 Å². The maximum absolute atomic E-state index is 12.7. The normalized spacial score (nSPS) is 11.0. The van der Waals surface area contributed by atoms with E-state index in [0.29, 0.717) is 23.1 Å². The third-order valence-electron chi connectivity index (χ3n) is 4.04. The number of benzene rings is 2. The lowest BCUT2D eigenvalue weighted by molar-refractivity contribution is 0.354. The lowest BCUT2D eigenvalue weighted by Crippen LogP contribution is -2.13. The van der Waals surface area contributed by atoms with Gasteiger partial charge in [-0.15, -0.1) is 0 Å². The van der Waals surface area contributed by atoms with Gasteiger partial charge < -0.3 is 14.8 Å². The summed E-state index contributed by atoms with van der Waals surface area (Å²) in [6.07, 6.45) is 0. The number of hydrogen-bond acceptors (Lipinski definition) is 7. The molecule has 0 atom stereocenters. The summed E-state index contributed by atoms with van der Waals surface area (Å²) in [7, 11) is -0.844. The molecular weight excluding hydrogens is 392 g/mol. The zero-order valence-corrected chi connectivity index (χ0v) is 17.4. The van der Waals surface area contributed by atoms with Gasteiger partial charge in [0.2, 0.25) is 5.95 Å². The van der Waals surface area contributed by atoms with Crippen molar-refractivity contribution in [3.05, 3.63) is 59.9 Å². The first kappa shape index (κ1) is 20.4. The molecular formula is C20H22N4O4S. The van der Waals surface area contributed by atoms with Crippen molar-refractivity contribution in [2.45, 2.75) is 18.7 Å². The fourth-order valence-corrected chi connectivity index (χ4v) is 3.80. The maximum atomic E-state index is 12.7. The number of methoxy groups -OCH3 is 2. The quantitative estimate of drug-likeness (QED) is 0.608. The molecule has 0 saturated heterocycles. The third kappa shape index (κ3) is 4.94. The summed E-state index contributed by atoms with van der Waals surface area (Å²) in [5, 5.41) is 3.11. The Morgan fingerprint density at radius 1 is 0.793 bits per heavy atom. The highest BCUT2D eigenvalue weighted by Crippen LogP contribution is 2.30. The number of ether oxygens (including phenoxy) is 2. The topological polar surface area (TPSA) is 102 Å². The molecule has 0 fully saturated rings. The minimum absolute atomic E-state index is 0.0704. The molecule has 1 heterocycles. The molecule has 9 heteroatoms. The molecule has 0 bridgehead atoms. The molecule has 29 heavy (non-hydrogen) atoms. The Morgan fingerprint density at radius 3 is 1.97 bits per heavy atom. The van der Waals surface area contributed by atoms with E-state index in [1.807, 2.05) is 19.9 Å². The SMILES string of the molecule is COc1ccc(S(=O)(=O)Nc2ccc(Nc3nc(C)cc(C)n3)cc2)cc1OC. The van der Waals surface area contributed by atoms with E-state index in [1.165, 1.54) is 26.4 Å². The zero-order valence-electron chi connectivity index (χ0n) is 16.6. The van der Waals surface area contributed by atoms with E-state index >= 15 is 0 Å². The highest BCUT2D eigenvalue weighted by molar-refractivity contribution is 7.92. The van der Waals surface area contributed by atoms with E-state index in [2.05, 4.69) is 20.0 Å². The Bertz CT molecular complexity index is 1100.